The molecule has 1 aromatic heterocycles. The van der Waals surface area contributed by atoms with Crippen LogP contribution in [0.25, 0.3) is 11.3 Å². The fourth-order valence-electron chi connectivity index (χ4n) is 5.37. The summed E-state index contributed by atoms with van der Waals surface area (Å²) in [6.45, 7) is 19.1. The number of benzene rings is 1. The summed E-state index contributed by atoms with van der Waals surface area (Å²) in [6, 6.07) is 10.6. The molecule has 0 amide bonds. The molecule has 2 aromatic rings. The Hall–Kier alpha value is -2.25. The van der Waals surface area contributed by atoms with Gasteiger partial charge in [0.15, 0.2) is 0 Å². The second-order valence-electron chi connectivity index (χ2n) is 10.6. The van der Waals surface area contributed by atoms with E-state index in [0.717, 1.165) is 34.9 Å². The van der Waals surface area contributed by atoms with Crippen molar-refractivity contribution in [3.63, 3.8) is 0 Å². The van der Waals surface area contributed by atoms with Crippen molar-refractivity contribution in [3.05, 3.63) is 36.0 Å². The third-order valence-corrected chi connectivity index (χ3v) is 13.0. The third-order valence-electron chi connectivity index (χ3n) is 7.03. The van der Waals surface area contributed by atoms with E-state index >= 15 is 0 Å². The van der Waals surface area contributed by atoms with Gasteiger partial charge in [-0.3, -0.25) is 0 Å². The molecule has 3 rings (SSSR count). The Labute approximate surface area is 212 Å². The molecule has 6 nitrogen and oxygen atoms in total. The molecule has 0 bridgehead atoms. The van der Waals surface area contributed by atoms with Gasteiger partial charge in [-0.25, -0.2) is 4.99 Å². The Morgan fingerprint density at radius 3 is 2.17 bits per heavy atom. The zero-order chi connectivity index (χ0) is 25.8. The molecular formula is C28H44N2O4Si. The predicted molar refractivity (Wildman–Crippen MR) is 146 cm³/mol. The van der Waals surface area contributed by atoms with Crippen molar-refractivity contribution in [2.24, 2.45) is 4.99 Å². The van der Waals surface area contributed by atoms with Crippen LogP contribution in [0.15, 0.2) is 35.3 Å². The Morgan fingerprint density at radius 1 is 0.971 bits per heavy atom. The highest BCUT2D eigenvalue weighted by Crippen LogP contribution is 2.44. The largest absolute Gasteiger partial charge is 0.543 e. The summed E-state index contributed by atoms with van der Waals surface area (Å²) >= 11 is 0. The van der Waals surface area contributed by atoms with Gasteiger partial charge in [0, 0.05) is 24.4 Å². The van der Waals surface area contributed by atoms with E-state index < -0.39 is 8.32 Å². The van der Waals surface area contributed by atoms with Gasteiger partial charge in [0.25, 0.3) is 8.32 Å². The van der Waals surface area contributed by atoms with Crippen molar-refractivity contribution in [1.82, 2.24) is 4.98 Å². The Bertz CT molecular complexity index is 977. The van der Waals surface area contributed by atoms with Crippen LogP contribution in [0, 0.1) is 0 Å². The summed E-state index contributed by atoms with van der Waals surface area (Å²) in [5.74, 6) is 2.32. The maximum atomic E-state index is 7.03. The number of hydrogen-bond donors (Lipinski definition) is 1. The molecule has 35 heavy (non-hydrogen) atoms. The molecule has 7 heteroatoms. The Kier molecular flexibility index (Phi) is 9.10. The van der Waals surface area contributed by atoms with Gasteiger partial charge in [0.05, 0.1) is 12.6 Å². The molecule has 0 saturated heterocycles. The standard InChI is InChI=1S/C28H44N2O4Si/c1-10-23-17-32-28(29-23)27-12-11-26(30-27)22-13-24(33-21(8)16-31-9)15-25(14-22)34-35(18(2)3,19(4)5)20(6)7/h11-15,18-21,23,30H,10,16-17H2,1-9H3/t21-,23+/m0/s1. The lowest BCUT2D eigenvalue weighted by atomic mass is 10.1. The minimum atomic E-state index is -2.13. The van der Waals surface area contributed by atoms with Gasteiger partial charge in [0.1, 0.15) is 29.9 Å². The first-order valence-corrected chi connectivity index (χ1v) is 15.1. The first-order chi connectivity index (χ1) is 16.6. The van der Waals surface area contributed by atoms with Gasteiger partial charge in [-0.1, -0.05) is 48.5 Å². The lowest BCUT2D eigenvalue weighted by molar-refractivity contribution is 0.0920. The molecule has 0 fully saturated rings. The molecule has 0 aliphatic carbocycles. The second kappa shape index (κ2) is 11.7. The van der Waals surface area contributed by atoms with Crippen LogP contribution >= 0.6 is 0 Å². The normalized spacial score (nSPS) is 17.1. The summed E-state index contributed by atoms with van der Waals surface area (Å²) in [5, 5.41) is 0. The topological polar surface area (TPSA) is 65.1 Å². The second-order valence-corrected chi connectivity index (χ2v) is 16.0. The molecule has 0 radical (unpaired) electrons. The number of methoxy groups -OCH3 is 1. The number of aliphatic imine (C=N–C) groups is 1. The number of aromatic amines is 1. The fraction of sp³-hybridized carbons (Fsp3) is 0.607. The molecule has 1 N–H and O–H groups in total. The number of aromatic nitrogens is 1. The minimum Gasteiger partial charge on any atom is -0.543 e. The molecule has 2 atom stereocenters. The number of H-pyrrole nitrogens is 1. The van der Waals surface area contributed by atoms with Crippen LogP contribution < -0.4 is 9.16 Å². The monoisotopic (exact) mass is 500 g/mol. The maximum Gasteiger partial charge on any atom is 0.258 e. The SMILES string of the molecule is CC[C@@H]1COC(c2ccc(-c3cc(O[C@@H](C)COC)cc(O[Si](C(C)C)(C(C)C)C(C)C)c3)[nH]2)=N1. The van der Waals surface area contributed by atoms with Crippen molar-refractivity contribution in [2.45, 2.75) is 90.6 Å². The molecule has 1 aliphatic rings. The van der Waals surface area contributed by atoms with E-state index in [1.807, 2.05) is 19.1 Å². The molecule has 194 valence electrons. The molecule has 0 saturated carbocycles. The third kappa shape index (κ3) is 6.12. The molecule has 0 unspecified atom stereocenters. The maximum absolute atomic E-state index is 7.03. The summed E-state index contributed by atoms with van der Waals surface area (Å²) in [6.07, 6.45) is 0.904. The smallest absolute Gasteiger partial charge is 0.258 e. The first kappa shape index (κ1) is 27.3. The highest BCUT2D eigenvalue weighted by Gasteiger charge is 2.47. The van der Waals surface area contributed by atoms with Crippen molar-refractivity contribution >= 4 is 14.2 Å². The summed E-state index contributed by atoms with van der Waals surface area (Å²) in [7, 11) is -0.437. The van der Waals surface area contributed by atoms with Crippen molar-refractivity contribution in [3.8, 4) is 22.8 Å². The fourth-order valence-corrected chi connectivity index (χ4v) is 10.6. The van der Waals surface area contributed by atoms with Gasteiger partial charge in [-0.15, -0.1) is 0 Å². The zero-order valence-electron chi connectivity index (χ0n) is 23.0. The zero-order valence-corrected chi connectivity index (χ0v) is 24.0. The average molecular weight is 501 g/mol. The van der Waals surface area contributed by atoms with Gasteiger partial charge < -0.3 is 23.6 Å². The van der Waals surface area contributed by atoms with Crippen molar-refractivity contribution < 1.29 is 18.6 Å². The van der Waals surface area contributed by atoms with E-state index in [-0.39, 0.29) is 12.1 Å². The van der Waals surface area contributed by atoms with Crippen LogP contribution in [-0.2, 0) is 9.47 Å². The highest BCUT2D eigenvalue weighted by molar-refractivity contribution is 6.78. The van der Waals surface area contributed by atoms with Crippen molar-refractivity contribution in [2.75, 3.05) is 20.3 Å². The number of ether oxygens (including phenoxy) is 3. The van der Waals surface area contributed by atoms with Crippen LogP contribution in [-0.4, -0.2) is 51.7 Å². The quantitative estimate of drug-likeness (QED) is 0.313. The van der Waals surface area contributed by atoms with Gasteiger partial charge in [-0.05, 0) is 54.2 Å². The van der Waals surface area contributed by atoms with Crippen LogP contribution in [0.1, 0.15) is 67.5 Å². The molecule has 0 spiro atoms. The minimum absolute atomic E-state index is 0.0724. The summed E-state index contributed by atoms with van der Waals surface area (Å²) in [5.41, 5.74) is 4.31. The molecular weight excluding hydrogens is 456 g/mol. The van der Waals surface area contributed by atoms with E-state index in [0.29, 0.717) is 35.7 Å². The van der Waals surface area contributed by atoms with Gasteiger partial charge in [0.2, 0.25) is 5.90 Å². The number of rotatable bonds is 12. The molecule has 2 heterocycles. The predicted octanol–water partition coefficient (Wildman–Crippen LogP) is 7.21. The van der Waals surface area contributed by atoms with Crippen LogP contribution in [0.4, 0.5) is 0 Å². The van der Waals surface area contributed by atoms with Gasteiger partial charge in [-0.2, -0.15) is 0 Å². The molecule has 1 aliphatic heterocycles. The number of hydrogen-bond acceptors (Lipinski definition) is 5. The molecule has 1 aromatic carbocycles. The lowest BCUT2D eigenvalue weighted by Gasteiger charge is -2.42. The highest BCUT2D eigenvalue weighted by atomic mass is 28.4. The Morgan fingerprint density at radius 2 is 1.60 bits per heavy atom. The number of nitrogens with one attached hydrogen (secondary N) is 1. The van der Waals surface area contributed by atoms with E-state index in [1.54, 1.807) is 7.11 Å². The van der Waals surface area contributed by atoms with Crippen LogP contribution in [0.5, 0.6) is 11.5 Å². The van der Waals surface area contributed by atoms with E-state index in [2.05, 4.69) is 71.6 Å². The van der Waals surface area contributed by atoms with E-state index in [9.17, 15) is 0 Å². The van der Waals surface area contributed by atoms with Gasteiger partial charge >= 0.3 is 0 Å². The average Bonchev–Trinajstić information content (AvgIpc) is 3.46. The van der Waals surface area contributed by atoms with Crippen LogP contribution in [0.3, 0.4) is 0 Å². The summed E-state index contributed by atoms with van der Waals surface area (Å²) in [4.78, 5) is 8.19. The van der Waals surface area contributed by atoms with Crippen LogP contribution in [0.2, 0.25) is 16.6 Å². The summed E-state index contributed by atoms with van der Waals surface area (Å²) < 4.78 is 24.4. The van der Waals surface area contributed by atoms with E-state index in [1.165, 1.54) is 0 Å². The first-order valence-electron chi connectivity index (χ1n) is 13.0. The Balaban J connectivity index is 2.01. The lowest BCUT2D eigenvalue weighted by Crippen LogP contribution is -2.50. The van der Waals surface area contributed by atoms with E-state index in [4.69, 9.17) is 23.6 Å². The number of nitrogens with zero attached hydrogens (tertiary/aromatic N) is 1. The van der Waals surface area contributed by atoms with Crippen molar-refractivity contribution in [1.29, 1.82) is 0 Å².